The van der Waals surface area contributed by atoms with Crippen LogP contribution in [0.1, 0.15) is 16.2 Å². The molecular formula is C20H17NO4. The van der Waals surface area contributed by atoms with Gasteiger partial charge in [0, 0.05) is 16.5 Å². The van der Waals surface area contributed by atoms with Crippen molar-refractivity contribution in [3.63, 3.8) is 0 Å². The van der Waals surface area contributed by atoms with E-state index in [1.54, 1.807) is 25.1 Å². The van der Waals surface area contributed by atoms with E-state index in [4.69, 9.17) is 9.47 Å². The number of pyridine rings is 1. The summed E-state index contributed by atoms with van der Waals surface area (Å²) in [7, 11) is 0. The number of aromatic nitrogens is 1. The zero-order chi connectivity index (χ0) is 17.8. The van der Waals surface area contributed by atoms with Crippen LogP contribution >= 0.6 is 0 Å². The lowest BCUT2D eigenvalue weighted by molar-refractivity contribution is 0.0539. The number of hydrogen-bond acceptors (Lipinski definition) is 5. The predicted octanol–water partition coefficient (Wildman–Crippen LogP) is 4.38. The number of rotatable bonds is 5. The van der Waals surface area contributed by atoms with Crippen LogP contribution in [0.3, 0.4) is 0 Å². The Morgan fingerprint density at radius 2 is 1.92 bits per heavy atom. The maximum atomic E-state index is 12.0. The second-order valence-corrected chi connectivity index (χ2v) is 5.40. The molecule has 126 valence electrons. The summed E-state index contributed by atoms with van der Waals surface area (Å²) in [5.41, 5.74) is 0.487. The van der Waals surface area contributed by atoms with Gasteiger partial charge in [0.1, 0.15) is 18.1 Å². The highest BCUT2D eigenvalue weighted by Crippen LogP contribution is 2.33. The molecule has 0 bridgehead atoms. The molecule has 0 aliphatic heterocycles. The van der Waals surface area contributed by atoms with Crippen molar-refractivity contribution in [2.24, 2.45) is 0 Å². The fourth-order valence-electron chi connectivity index (χ4n) is 2.47. The average molecular weight is 335 g/mol. The van der Waals surface area contributed by atoms with Crippen molar-refractivity contribution in [3.05, 3.63) is 72.6 Å². The minimum atomic E-state index is -0.688. The van der Waals surface area contributed by atoms with Gasteiger partial charge in [-0.15, -0.1) is 0 Å². The molecule has 0 saturated carbocycles. The molecule has 3 aromatic rings. The van der Waals surface area contributed by atoms with Gasteiger partial charge in [0.25, 0.3) is 0 Å². The summed E-state index contributed by atoms with van der Waals surface area (Å²) in [4.78, 5) is 16.2. The van der Waals surface area contributed by atoms with E-state index in [0.29, 0.717) is 28.0 Å². The Kier molecular flexibility index (Phi) is 4.66. The highest BCUT2D eigenvalue weighted by atomic mass is 16.5. The molecule has 0 atom stereocenters. The lowest BCUT2D eigenvalue weighted by Crippen LogP contribution is -2.09. The van der Waals surface area contributed by atoms with Crippen molar-refractivity contribution in [2.45, 2.75) is 6.92 Å². The normalized spacial score (nSPS) is 10.4. The first kappa shape index (κ1) is 16.5. The molecule has 3 rings (SSSR count). The topological polar surface area (TPSA) is 68.7 Å². The number of carbonyl (C=O) groups excluding carboxylic acids is 1. The second-order valence-electron chi connectivity index (χ2n) is 5.40. The molecular weight excluding hydrogens is 318 g/mol. The number of esters is 1. The smallest absolute Gasteiger partial charge is 0.361 e. The van der Waals surface area contributed by atoms with E-state index in [-0.39, 0.29) is 18.1 Å². The van der Waals surface area contributed by atoms with Gasteiger partial charge in [-0.1, -0.05) is 30.9 Å². The molecule has 1 aromatic heterocycles. The third-order valence-corrected chi connectivity index (χ3v) is 3.64. The van der Waals surface area contributed by atoms with Gasteiger partial charge >= 0.3 is 5.97 Å². The molecule has 25 heavy (non-hydrogen) atoms. The van der Waals surface area contributed by atoms with Crippen LogP contribution in [0.25, 0.3) is 10.8 Å². The molecule has 0 aliphatic carbocycles. The molecule has 2 aromatic carbocycles. The van der Waals surface area contributed by atoms with Gasteiger partial charge in [0.15, 0.2) is 11.4 Å². The molecule has 0 saturated heterocycles. The van der Waals surface area contributed by atoms with Gasteiger partial charge in [0.05, 0.1) is 0 Å². The average Bonchev–Trinajstić information content (AvgIpc) is 2.63. The molecule has 1 N–H and O–H groups in total. The minimum absolute atomic E-state index is 0.0564. The number of benzene rings is 2. The van der Waals surface area contributed by atoms with Gasteiger partial charge in [-0.05, 0) is 37.3 Å². The van der Waals surface area contributed by atoms with E-state index in [1.807, 2.05) is 30.3 Å². The highest BCUT2D eigenvalue weighted by molar-refractivity contribution is 6.00. The zero-order valence-electron chi connectivity index (χ0n) is 13.7. The Hall–Kier alpha value is -3.34. The molecule has 0 radical (unpaired) electrons. The molecule has 5 heteroatoms. The summed E-state index contributed by atoms with van der Waals surface area (Å²) in [6.07, 6.45) is 1.45. The Morgan fingerprint density at radius 1 is 1.16 bits per heavy atom. The van der Waals surface area contributed by atoms with Crippen LogP contribution in [-0.2, 0) is 4.74 Å². The summed E-state index contributed by atoms with van der Waals surface area (Å²) < 4.78 is 10.8. The van der Waals surface area contributed by atoms with Crippen LogP contribution < -0.4 is 4.74 Å². The number of nitrogens with zero attached hydrogens (tertiary/aromatic N) is 1. The Balaban J connectivity index is 1.99. The van der Waals surface area contributed by atoms with Crippen LogP contribution in [-0.4, -0.2) is 22.7 Å². The van der Waals surface area contributed by atoms with E-state index in [9.17, 15) is 9.90 Å². The number of carbonyl (C=O) groups is 1. The summed E-state index contributed by atoms with van der Waals surface area (Å²) in [6.45, 7) is 5.30. The van der Waals surface area contributed by atoms with Crippen LogP contribution in [0.4, 0.5) is 0 Å². The third kappa shape index (κ3) is 3.45. The number of aryl methyl sites for hydroxylation is 1. The van der Waals surface area contributed by atoms with Gasteiger partial charge < -0.3 is 14.6 Å². The number of hydrogen-bond donors (Lipinski definition) is 1. The number of ether oxygens (including phenoxy) is 2. The molecule has 5 nitrogen and oxygen atoms in total. The first-order chi connectivity index (χ1) is 12.1. The third-order valence-electron chi connectivity index (χ3n) is 3.64. The largest absolute Gasteiger partial charge is 0.505 e. The molecule has 0 unspecified atom stereocenters. The van der Waals surface area contributed by atoms with Crippen molar-refractivity contribution in [1.82, 2.24) is 4.98 Å². The Bertz CT molecular complexity index is 935. The Labute approximate surface area is 145 Å². The van der Waals surface area contributed by atoms with Crippen molar-refractivity contribution >= 4 is 16.7 Å². The van der Waals surface area contributed by atoms with E-state index in [2.05, 4.69) is 11.6 Å². The van der Waals surface area contributed by atoms with Crippen LogP contribution in [0.5, 0.6) is 17.2 Å². The summed E-state index contributed by atoms with van der Waals surface area (Å²) in [5, 5.41) is 11.6. The molecule has 0 fully saturated rings. The zero-order valence-corrected chi connectivity index (χ0v) is 13.7. The summed E-state index contributed by atoms with van der Waals surface area (Å²) in [5.74, 6) is 0.430. The van der Waals surface area contributed by atoms with E-state index < -0.39 is 5.97 Å². The Morgan fingerprint density at radius 3 is 2.64 bits per heavy atom. The quantitative estimate of drug-likeness (QED) is 0.553. The van der Waals surface area contributed by atoms with E-state index >= 15 is 0 Å². The number of para-hydroxylation sites is 1. The number of aromatic hydroxyl groups is 1. The monoisotopic (exact) mass is 335 g/mol. The van der Waals surface area contributed by atoms with Gasteiger partial charge in [0.2, 0.25) is 0 Å². The summed E-state index contributed by atoms with van der Waals surface area (Å²) in [6, 6.07) is 14.6. The fourth-order valence-corrected chi connectivity index (χ4v) is 2.47. The van der Waals surface area contributed by atoms with Gasteiger partial charge in [-0.3, -0.25) is 0 Å². The minimum Gasteiger partial charge on any atom is -0.505 e. The fraction of sp³-hybridized carbons (Fsp3) is 0.100. The molecule has 0 aliphatic rings. The maximum absolute atomic E-state index is 12.0. The van der Waals surface area contributed by atoms with Gasteiger partial charge in [-0.2, -0.15) is 0 Å². The van der Waals surface area contributed by atoms with Gasteiger partial charge in [-0.25, -0.2) is 9.78 Å². The number of fused-ring (bicyclic) bond motifs is 1. The van der Waals surface area contributed by atoms with Crippen LogP contribution in [0.2, 0.25) is 0 Å². The molecule has 0 spiro atoms. The molecule has 0 amide bonds. The van der Waals surface area contributed by atoms with E-state index in [1.165, 1.54) is 6.08 Å². The first-order valence-electron chi connectivity index (χ1n) is 7.74. The van der Waals surface area contributed by atoms with E-state index in [0.717, 1.165) is 0 Å². The molecule has 1 heterocycles. The standard InChI is InChI=1S/C20H17NO4/c1-3-11-24-20(23)18-19(22)16-10-9-15(12-17(16)13(2)21-18)25-14-7-5-4-6-8-14/h3-10,12,22H,1,11H2,2H3. The lowest BCUT2D eigenvalue weighted by atomic mass is 10.1. The highest BCUT2D eigenvalue weighted by Gasteiger charge is 2.19. The SMILES string of the molecule is C=CCOC(=O)c1nc(C)c2cc(Oc3ccccc3)ccc2c1O. The maximum Gasteiger partial charge on any atom is 0.361 e. The van der Waals surface area contributed by atoms with Crippen molar-refractivity contribution in [3.8, 4) is 17.2 Å². The van der Waals surface area contributed by atoms with Crippen molar-refractivity contribution in [1.29, 1.82) is 0 Å². The first-order valence-corrected chi connectivity index (χ1v) is 7.74. The summed E-state index contributed by atoms with van der Waals surface area (Å²) >= 11 is 0. The van der Waals surface area contributed by atoms with Crippen molar-refractivity contribution in [2.75, 3.05) is 6.61 Å². The second kappa shape index (κ2) is 7.05. The van der Waals surface area contributed by atoms with Crippen LogP contribution in [0, 0.1) is 6.92 Å². The lowest BCUT2D eigenvalue weighted by Gasteiger charge is -2.11. The van der Waals surface area contributed by atoms with Crippen LogP contribution in [0.15, 0.2) is 61.2 Å². The predicted molar refractivity (Wildman–Crippen MR) is 95.1 cm³/mol. The van der Waals surface area contributed by atoms with Crippen molar-refractivity contribution < 1.29 is 19.4 Å².